The average molecular weight is 317 g/mol. The second-order valence-electron chi connectivity index (χ2n) is 4.64. The lowest BCUT2D eigenvalue weighted by molar-refractivity contribution is -0.151. The molecule has 0 saturated carbocycles. The third-order valence-electron chi connectivity index (χ3n) is 3.63. The first kappa shape index (κ1) is 13.5. The molecule has 1 N–H and O–H groups in total. The minimum Gasteiger partial charge on any atom is -0.481 e. The van der Waals surface area contributed by atoms with Gasteiger partial charge in [-0.2, -0.15) is 0 Å². The molecule has 1 aromatic carbocycles. The van der Waals surface area contributed by atoms with Crippen molar-refractivity contribution < 1.29 is 19.0 Å². The molecule has 18 heavy (non-hydrogen) atoms. The van der Waals surface area contributed by atoms with Crippen molar-refractivity contribution in [3.8, 4) is 0 Å². The fourth-order valence-electron chi connectivity index (χ4n) is 2.39. The Balaban J connectivity index is 2.35. The molecule has 0 spiro atoms. The number of carbonyl (C=O) groups is 1. The van der Waals surface area contributed by atoms with Gasteiger partial charge in [-0.3, -0.25) is 4.79 Å². The van der Waals surface area contributed by atoms with Crippen molar-refractivity contribution in [1.29, 1.82) is 0 Å². The van der Waals surface area contributed by atoms with Crippen molar-refractivity contribution in [1.82, 2.24) is 0 Å². The second-order valence-corrected chi connectivity index (χ2v) is 5.55. The smallest absolute Gasteiger partial charge is 0.312 e. The highest BCUT2D eigenvalue weighted by Gasteiger charge is 2.48. The van der Waals surface area contributed by atoms with Crippen LogP contribution in [-0.4, -0.2) is 23.8 Å². The van der Waals surface area contributed by atoms with Gasteiger partial charge in [0.2, 0.25) is 0 Å². The van der Waals surface area contributed by atoms with Crippen LogP contribution in [0.25, 0.3) is 0 Å². The number of hydrogen-bond acceptors (Lipinski definition) is 2. The van der Waals surface area contributed by atoms with Gasteiger partial charge in [0, 0.05) is 11.1 Å². The maximum atomic E-state index is 13.7. The molecule has 1 aromatic rings. The van der Waals surface area contributed by atoms with Crippen molar-refractivity contribution in [2.75, 3.05) is 6.61 Å². The Hall–Kier alpha value is -0.940. The van der Waals surface area contributed by atoms with Crippen LogP contribution >= 0.6 is 15.9 Å². The van der Waals surface area contributed by atoms with Crippen LogP contribution in [0.4, 0.5) is 4.39 Å². The SMILES string of the molecule is CC1OCCC1(Cc1cc(Br)ccc1F)C(=O)O. The molecule has 1 aliphatic heterocycles. The summed E-state index contributed by atoms with van der Waals surface area (Å²) in [5.41, 5.74) is -0.620. The Morgan fingerprint density at radius 3 is 2.94 bits per heavy atom. The Kier molecular flexibility index (Phi) is 3.73. The molecular weight excluding hydrogens is 303 g/mol. The molecule has 5 heteroatoms. The van der Waals surface area contributed by atoms with E-state index in [4.69, 9.17) is 4.74 Å². The van der Waals surface area contributed by atoms with E-state index in [-0.39, 0.29) is 12.2 Å². The number of halogens is 2. The minimum absolute atomic E-state index is 0.148. The number of hydrogen-bond donors (Lipinski definition) is 1. The summed E-state index contributed by atoms with van der Waals surface area (Å²) in [4.78, 5) is 11.5. The number of rotatable bonds is 3. The molecule has 0 aliphatic carbocycles. The Morgan fingerprint density at radius 2 is 2.39 bits per heavy atom. The van der Waals surface area contributed by atoms with Gasteiger partial charge in [-0.15, -0.1) is 0 Å². The summed E-state index contributed by atoms with van der Waals surface area (Å²) in [6.45, 7) is 2.14. The quantitative estimate of drug-likeness (QED) is 0.932. The minimum atomic E-state index is -1.03. The van der Waals surface area contributed by atoms with Crippen LogP contribution < -0.4 is 0 Å². The molecule has 2 atom stereocenters. The third kappa shape index (κ3) is 2.29. The molecule has 0 bridgehead atoms. The van der Waals surface area contributed by atoms with E-state index in [9.17, 15) is 14.3 Å². The number of carboxylic acid groups (broad SMARTS) is 1. The first-order valence-corrected chi connectivity index (χ1v) is 6.54. The van der Waals surface area contributed by atoms with E-state index in [2.05, 4.69) is 15.9 Å². The van der Waals surface area contributed by atoms with Crippen LogP contribution in [0.1, 0.15) is 18.9 Å². The summed E-state index contributed by atoms with van der Waals surface area (Å²) >= 11 is 3.27. The third-order valence-corrected chi connectivity index (χ3v) is 4.13. The molecule has 3 nitrogen and oxygen atoms in total. The van der Waals surface area contributed by atoms with Crippen LogP contribution in [0.2, 0.25) is 0 Å². The lowest BCUT2D eigenvalue weighted by Gasteiger charge is -2.27. The molecule has 0 radical (unpaired) electrons. The fraction of sp³-hybridized carbons (Fsp3) is 0.462. The molecule has 2 rings (SSSR count). The van der Waals surface area contributed by atoms with E-state index in [1.54, 1.807) is 19.1 Å². The van der Waals surface area contributed by atoms with Crippen molar-refractivity contribution in [2.24, 2.45) is 5.41 Å². The zero-order chi connectivity index (χ0) is 13.3. The van der Waals surface area contributed by atoms with Crippen LogP contribution in [0.3, 0.4) is 0 Å². The molecule has 2 unspecified atom stereocenters. The highest BCUT2D eigenvalue weighted by atomic mass is 79.9. The van der Waals surface area contributed by atoms with Gasteiger partial charge >= 0.3 is 5.97 Å². The van der Waals surface area contributed by atoms with E-state index in [1.165, 1.54) is 6.07 Å². The van der Waals surface area contributed by atoms with E-state index in [0.717, 1.165) is 4.47 Å². The van der Waals surface area contributed by atoms with Crippen LogP contribution in [-0.2, 0) is 16.0 Å². The number of benzene rings is 1. The summed E-state index contributed by atoms with van der Waals surface area (Å²) in [5.74, 6) is -1.30. The topological polar surface area (TPSA) is 46.5 Å². The summed E-state index contributed by atoms with van der Waals surface area (Å²) in [7, 11) is 0. The maximum Gasteiger partial charge on any atom is 0.312 e. The molecule has 1 heterocycles. The first-order chi connectivity index (χ1) is 8.45. The maximum absolute atomic E-state index is 13.7. The van der Waals surface area contributed by atoms with Gasteiger partial charge in [0.15, 0.2) is 0 Å². The van der Waals surface area contributed by atoms with Crippen LogP contribution in [0, 0.1) is 11.2 Å². The summed E-state index contributed by atoms with van der Waals surface area (Å²) < 4.78 is 19.8. The average Bonchev–Trinajstić information content (AvgIpc) is 2.67. The van der Waals surface area contributed by atoms with E-state index in [0.29, 0.717) is 18.6 Å². The molecule has 0 aromatic heterocycles. The highest BCUT2D eigenvalue weighted by molar-refractivity contribution is 9.10. The number of ether oxygens (including phenoxy) is 1. The van der Waals surface area contributed by atoms with Gasteiger partial charge in [0.25, 0.3) is 0 Å². The molecule has 1 fully saturated rings. The lowest BCUT2D eigenvalue weighted by Crippen LogP contribution is -2.39. The van der Waals surface area contributed by atoms with Crippen LogP contribution in [0.15, 0.2) is 22.7 Å². The highest BCUT2D eigenvalue weighted by Crippen LogP contribution is 2.39. The van der Waals surface area contributed by atoms with Gasteiger partial charge in [-0.1, -0.05) is 15.9 Å². The zero-order valence-corrected chi connectivity index (χ0v) is 11.5. The molecule has 1 saturated heterocycles. The second kappa shape index (κ2) is 4.97. The van der Waals surface area contributed by atoms with Gasteiger partial charge in [0.1, 0.15) is 5.82 Å². The first-order valence-electron chi connectivity index (χ1n) is 5.74. The molecular formula is C13H14BrFO3. The van der Waals surface area contributed by atoms with Gasteiger partial charge in [-0.25, -0.2) is 4.39 Å². The fourth-order valence-corrected chi connectivity index (χ4v) is 2.80. The lowest BCUT2D eigenvalue weighted by atomic mass is 9.76. The zero-order valence-electron chi connectivity index (χ0n) is 9.95. The molecule has 98 valence electrons. The van der Waals surface area contributed by atoms with Crippen molar-refractivity contribution in [3.05, 3.63) is 34.1 Å². The predicted molar refractivity (Wildman–Crippen MR) is 67.9 cm³/mol. The van der Waals surface area contributed by atoms with E-state index >= 15 is 0 Å². The van der Waals surface area contributed by atoms with Gasteiger partial charge < -0.3 is 9.84 Å². The molecule has 0 amide bonds. The predicted octanol–water partition coefficient (Wildman–Crippen LogP) is 3.01. The van der Waals surface area contributed by atoms with E-state index in [1.807, 2.05) is 0 Å². The molecule has 1 aliphatic rings. The summed E-state index contributed by atoms with van der Waals surface area (Å²) in [6.07, 6.45) is 0.151. The van der Waals surface area contributed by atoms with Crippen LogP contribution in [0.5, 0.6) is 0 Å². The normalized spacial score (nSPS) is 27.4. The standard InChI is InChI=1S/C13H14BrFO3/c1-8-13(12(16)17,4-5-18-8)7-9-6-10(14)2-3-11(9)15/h2-3,6,8H,4-5,7H2,1H3,(H,16,17). The number of aliphatic carboxylic acids is 1. The number of carboxylic acids is 1. The Labute approximate surface area is 113 Å². The Morgan fingerprint density at radius 1 is 1.67 bits per heavy atom. The van der Waals surface area contributed by atoms with E-state index < -0.39 is 17.5 Å². The van der Waals surface area contributed by atoms with Gasteiger partial charge in [-0.05, 0) is 43.5 Å². The monoisotopic (exact) mass is 316 g/mol. The largest absolute Gasteiger partial charge is 0.481 e. The van der Waals surface area contributed by atoms with Gasteiger partial charge in [0.05, 0.1) is 11.5 Å². The van der Waals surface area contributed by atoms with Crippen molar-refractivity contribution >= 4 is 21.9 Å². The van der Waals surface area contributed by atoms with Crippen molar-refractivity contribution in [3.63, 3.8) is 0 Å². The van der Waals surface area contributed by atoms with Crippen molar-refractivity contribution in [2.45, 2.75) is 25.9 Å². The summed E-state index contributed by atoms with van der Waals surface area (Å²) in [5, 5.41) is 9.44. The summed E-state index contributed by atoms with van der Waals surface area (Å²) in [6, 6.07) is 4.57. The Bertz CT molecular complexity index is 477.